The van der Waals surface area contributed by atoms with Crippen LogP contribution in [0.15, 0.2) is 66.3 Å². The molecule has 0 aliphatic rings. The van der Waals surface area contributed by atoms with Gasteiger partial charge < -0.3 is 15.2 Å². The van der Waals surface area contributed by atoms with Crippen molar-refractivity contribution >= 4 is 29.3 Å². The number of allylic oxidation sites excluding steroid dienone is 1. The number of halogens is 1. The summed E-state index contributed by atoms with van der Waals surface area (Å²) in [4.78, 5) is 23.8. The minimum absolute atomic E-state index is 0.0762. The molecule has 0 bridgehead atoms. The van der Waals surface area contributed by atoms with Gasteiger partial charge in [0.05, 0.1) is 10.8 Å². The zero-order valence-corrected chi connectivity index (χ0v) is 18.9. The average molecular weight is 471 g/mol. The zero-order valence-electron chi connectivity index (χ0n) is 18.1. The molecular formula is C23H23FN4O4S. The smallest absolute Gasteiger partial charge is 0.335 e. The van der Waals surface area contributed by atoms with E-state index in [9.17, 15) is 14.0 Å². The highest BCUT2D eigenvalue weighted by Gasteiger charge is 2.23. The third-order valence-corrected chi connectivity index (χ3v) is 5.67. The molecular weight excluding hydrogens is 447 g/mol. The zero-order chi connectivity index (χ0) is 24.0. The first-order valence-corrected chi connectivity index (χ1v) is 10.9. The van der Waals surface area contributed by atoms with E-state index in [0.29, 0.717) is 23.2 Å². The Morgan fingerprint density at radius 2 is 2.00 bits per heavy atom. The predicted molar refractivity (Wildman–Crippen MR) is 123 cm³/mol. The molecule has 8 nitrogen and oxygen atoms in total. The fourth-order valence-corrected chi connectivity index (χ4v) is 3.82. The maximum atomic E-state index is 14.0. The van der Waals surface area contributed by atoms with E-state index in [0.717, 1.165) is 0 Å². The molecule has 2 aromatic carbocycles. The summed E-state index contributed by atoms with van der Waals surface area (Å²) in [5.74, 6) is -1.32. The van der Waals surface area contributed by atoms with Crippen molar-refractivity contribution in [1.29, 1.82) is 0 Å². The highest BCUT2D eigenvalue weighted by molar-refractivity contribution is 8.00. The summed E-state index contributed by atoms with van der Waals surface area (Å²) in [5.41, 5.74) is 0.458. The molecule has 0 aliphatic heterocycles. The molecule has 3 rings (SSSR count). The summed E-state index contributed by atoms with van der Waals surface area (Å²) in [6.07, 6.45) is 1.06. The van der Waals surface area contributed by atoms with E-state index >= 15 is 0 Å². The molecule has 1 aromatic heterocycles. The molecule has 2 N–H and O–H groups in total. The Balaban J connectivity index is 1.73. The fraction of sp³-hybridized carbons (Fsp3) is 0.217. The van der Waals surface area contributed by atoms with Crippen molar-refractivity contribution in [3.63, 3.8) is 0 Å². The van der Waals surface area contributed by atoms with E-state index in [4.69, 9.17) is 9.84 Å². The quantitative estimate of drug-likeness (QED) is 0.330. The van der Waals surface area contributed by atoms with E-state index in [1.807, 2.05) is 0 Å². The second-order valence-electron chi connectivity index (χ2n) is 7.07. The number of carboxylic acids is 1. The molecule has 0 saturated heterocycles. The number of carbonyl (C=O) groups excluding carboxylic acids is 1. The molecule has 3 aromatic rings. The number of hydrogen-bond acceptors (Lipinski definition) is 6. The van der Waals surface area contributed by atoms with Crippen molar-refractivity contribution < 1.29 is 23.8 Å². The van der Waals surface area contributed by atoms with Gasteiger partial charge in [0.1, 0.15) is 0 Å². The highest BCUT2D eigenvalue weighted by Crippen LogP contribution is 2.28. The molecule has 0 fully saturated rings. The fourth-order valence-electron chi connectivity index (χ4n) is 2.96. The lowest BCUT2D eigenvalue weighted by atomic mass is 10.2. The number of aromatic nitrogens is 3. The summed E-state index contributed by atoms with van der Waals surface area (Å²) in [5, 5.41) is 20.1. The lowest BCUT2D eigenvalue weighted by Crippen LogP contribution is -2.23. The van der Waals surface area contributed by atoms with Crippen molar-refractivity contribution in [2.45, 2.75) is 36.9 Å². The third kappa shape index (κ3) is 5.98. The topological polar surface area (TPSA) is 106 Å². The number of nitrogens with one attached hydrogen (secondary N) is 1. The Morgan fingerprint density at radius 1 is 1.24 bits per heavy atom. The van der Waals surface area contributed by atoms with Crippen LogP contribution in [0.2, 0.25) is 0 Å². The number of ether oxygens (including phenoxy) is 1. The van der Waals surface area contributed by atoms with Crippen LogP contribution in [0.4, 0.5) is 10.1 Å². The number of carbonyl (C=O) groups is 2. The van der Waals surface area contributed by atoms with Crippen molar-refractivity contribution in [3.8, 4) is 5.75 Å². The van der Waals surface area contributed by atoms with E-state index in [2.05, 4.69) is 22.1 Å². The first kappa shape index (κ1) is 24.0. The van der Waals surface area contributed by atoms with Crippen LogP contribution < -0.4 is 10.1 Å². The van der Waals surface area contributed by atoms with Gasteiger partial charge in [0.25, 0.3) is 0 Å². The van der Waals surface area contributed by atoms with Crippen molar-refractivity contribution in [2.24, 2.45) is 0 Å². The maximum Gasteiger partial charge on any atom is 0.335 e. The Labute approximate surface area is 194 Å². The van der Waals surface area contributed by atoms with Crippen LogP contribution in [-0.4, -0.2) is 37.0 Å². The van der Waals surface area contributed by atoms with Gasteiger partial charge in [-0.1, -0.05) is 36.0 Å². The number of carboxylic acid groups (broad SMARTS) is 1. The van der Waals surface area contributed by atoms with E-state index in [1.54, 1.807) is 48.8 Å². The Morgan fingerprint density at radius 3 is 2.70 bits per heavy atom. The largest absolute Gasteiger partial charge is 0.480 e. The second kappa shape index (κ2) is 10.8. The van der Waals surface area contributed by atoms with Gasteiger partial charge in [0, 0.05) is 12.2 Å². The molecule has 0 saturated carbocycles. The van der Waals surface area contributed by atoms with Crippen LogP contribution in [-0.2, 0) is 11.3 Å². The standard InChI is InChI=1S/C23H23FN4O4S/c1-4-12-28-20(14(2)32-19-11-6-5-10-18(19)24)26-27-23(28)33-15(3)21(29)25-17-9-7-8-16(13-17)22(30)31/h4-11,13-15H,1,12H2,2-3H3,(H,25,29)(H,30,31). The van der Waals surface area contributed by atoms with Gasteiger partial charge in [-0.3, -0.25) is 9.36 Å². The monoisotopic (exact) mass is 470 g/mol. The van der Waals surface area contributed by atoms with E-state index in [1.165, 1.54) is 36.0 Å². The highest BCUT2D eigenvalue weighted by atomic mass is 32.2. The predicted octanol–water partition coefficient (Wildman–Crippen LogP) is 4.56. The summed E-state index contributed by atoms with van der Waals surface area (Å²) < 4.78 is 21.4. The number of aromatic carboxylic acids is 1. The Kier molecular flexibility index (Phi) is 7.83. The minimum Gasteiger partial charge on any atom is -0.480 e. The van der Waals surface area contributed by atoms with Gasteiger partial charge >= 0.3 is 5.97 Å². The Bertz CT molecular complexity index is 1170. The average Bonchev–Trinajstić information content (AvgIpc) is 3.18. The van der Waals surface area contributed by atoms with Gasteiger partial charge in [-0.15, -0.1) is 16.8 Å². The van der Waals surface area contributed by atoms with Crippen LogP contribution in [0, 0.1) is 5.82 Å². The molecule has 2 unspecified atom stereocenters. The minimum atomic E-state index is -1.08. The molecule has 10 heteroatoms. The first-order valence-electron chi connectivity index (χ1n) is 10.1. The van der Waals surface area contributed by atoms with Gasteiger partial charge in [-0.2, -0.15) is 0 Å². The second-order valence-corrected chi connectivity index (χ2v) is 8.37. The van der Waals surface area contributed by atoms with Crippen LogP contribution in [0.1, 0.15) is 36.1 Å². The summed E-state index contributed by atoms with van der Waals surface area (Å²) in [7, 11) is 0. The van der Waals surface area contributed by atoms with E-state index < -0.39 is 23.1 Å². The molecule has 0 spiro atoms. The van der Waals surface area contributed by atoms with Gasteiger partial charge in [0.2, 0.25) is 5.91 Å². The lowest BCUT2D eigenvalue weighted by molar-refractivity contribution is -0.115. The summed E-state index contributed by atoms with van der Waals surface area (Å²) >= 11 is 1.18. The van der Waals surface area contributed by atoms with Crippen molar-refractivity contribution in [1.82, 2.24) is 14.8 Å². The maximum absolute atomic E-state index is 14.0. The Hall–Kier alpha value is -3.66. The number of amides is 1. The molecule has 33 heavy (non-hydrogen) atoms. The number of nitrogens with zero attached hydrogens (tertiary/aromatic N) is 3. The summed E-state index contributed by atoms with van der Waals surface area (Å²) in [6.45, 7) is 7.55. The van der Waals surface area contributed by atoms with Gasteiger partial charge in [-0.25, -0.2) is 9.18 Å². The molecule has 0 aliphatic carbocycles. The normalized spacial score (nSPS) is 12.6. The van der Waals surface area contributed by atoms with Crippen LogP contribution in [0.5, 0.6) is 5.75 Å². The van der Waals surface area contributed by atoms with Crippen LogP contribution >= 0.6 is 11.8 Å². The lowest BCUT2D eigenvalue weighted by Gasteiger charge is -2.17. The molecule has 1 heterocycles. The number of hydrogen-bond donors (Lipinski definition) is 2. The third-order valence-electron chi connectivity index (χ3n) is 4.59. The van der Waals surface area contributed by atoms with Crippen LogP contribution in [0.25, 0.3) is 0 Å². The van der Waals surface area contributed by atoms with Crippen molar-refractivity contribution in [2.75, 3.05) is 5.32 Å². The van der Waals surface area contributed by atoms with Crippen LogP contribution in [0.3, 0.4) is 0 Å². The molecule has 172 valence electrons. The molecule has 0 radical (unpaired) electrons. The SMILES string of the molecule is C=CCn1c(SC(C)C(=O)Nc2cccc(C(=O)O)c2)nnc1C(C)Oc1ccccc1F. The summed E-state index contributed by atoms with van der Waals surface area (Å²) in [6, 6.07) is 12.1. The number of para-hydroxylation sites is 1. The number of thioether (sulfide) groups is 1. The first-order chi connectivity index (χ1) is 15.8. The van der Waals surface area contributed by atoms with Gasteiger partial charge in [0.15, 0.2) is 28.7 Å². The van der Waals surface area contributed by atoms with E-state index in [-0.39, 0.29) is 17.2 Å². The molecule has 2 atom stereocenters. The number of benzene rings is 2. The number of rotatable bonds is 10. The van der Waals surface area contributed by atoms with Crippen molar-refractivity contribution in [3.05, 3.63) is 78.4 Å². The molecule has 1 amide bonds. The van der Waals surface area contributed by atoms with Gasteiger partial charge in [-0.05, 0) is 44.2 Å². The number of anilines is 1.